The van der Waals surface area contributed by atoms with E-state index in [1.807, 2.05) is 0 Å². The maximum atomic E-state index is 10.1. The fourth-order valence-corrected chi connectivity index (χ4v) is 2.63. The van der Waals surface area contributed by atoms with Crippen molar-refractivity contribution in [3.05, 3.63) is 11.5 Å². The average Bonchev–Trinajstić information content (AvgIpc) is 2.97. The van der Waals surface area contributed by atoms with E-state index in [1.165, 1.54) is 13.4 Å². The highest BCUT2D eigenvalue weighted by molar-refractivity contribution is 5.63. The van der Waals surface area contributed by atoms with Gasteiger partial charge >= 0.3 is 0 Å². The number of quaternary nitrogens is 1. The van der Waals surface area contributed by atoms with Crippen molar-refractivity contribution in [3.8, 4) is 0 Å². The average molecular weight is 284 g/mol. The monoisotopic (exact) mass is 284 g/mol. The number of fused-ring (bicyclic) bond motifs is 1. The van der Waals surface area contributed by atoms with E-state index in [9.17, 15) is 10.2 Å². The summed E-state index contributed by atoms with van der Waals surface area (Å²) in [6.45, 7) is 0.208. The number of nitrogens with two attached hydrogens (primary N) is 1. The molecule has 1 fully saturated rings. The van der Waals surface area contributed by atoms with Gasteiger partial charge in [0.25, 0.3) is 0 Å². The number of rotatable bonds is 3. The maximum absolute atomic E-state index is 10.1. The molecule has 3 aliphatic heterocycles. The summed E-state index contributed by atoms with van der Waals surface area (Å²) in [5, 5.41) is 22.9. The highest BCUT2D eigenvalue weighted by atomic mass is 16.6. The minimum Gasteiger partial charge on any atom is -0.387 e. The summed E-state index contributed by atoms with van der Waals surface area (Å²) in [4.78, 5) is 9.15. The van der Waals surface area contributed by atoms with Gasteiger partial charge < -0.3 is 30.7 Å². The summed E-state index contributed by atoms with van der Waals surface area (Å²) < 4.78 is 10.7. The lowest BCUT2D eigenvalue weighted by atomic mass is 10.1. The van der Waals surface area contributed by atoms with Gasteiger partial charge in [-0.05, 0) is 0 Å². The predicted octanol–water partition coefficient (Wildman–Crippen LogP) is -3.91. The van der Waals surface area contributed by atoms with Crippen LogP contribution in [0.3, 0.4) is 0 Å². The lowest BCUT2D eigenvalue weighted by Gasteiger charge is -2.25. The number of ether oxygens (including phenoxy) is 2. The van der Waals surface area contributed by atoms with Crippen LogP contribution in [-0.4, -0.2) is 67.3 Å². The molecule has 6 unspecified atom stereocenters. The molecule has 0 amide bonds. The molecule has 0 saturated carbocycles. The Balaban J connectivity index is 1.79. The number of hydrogen-bond donors (Lipinski definition) is 5. The number of methoxy groups -OCH3 is 1. The molecule has 3 heterocycles. The van der Waals surface area contributed by atoms with E-state index < -0.39 is 24.5 Å². The molecule has 1 saturated heterocycles. The molecule has 0 bridgehead atoms. The quantitative estimate of drug-likeness (QED) is 0.360. The molecule has 3 aliphatic rings. The van der Waals surface area contributed by atoms with Crippen molar-refractivity contribution in [3.63, 3.8) is 0 Å². The Morgan fingerprint density at radius 3 is 3.05 bits per heavy atom. The van der Waals surface area contributed by atoms with E-state index >= 15 is 0 Å². The first kappa shape index (κ1) is 13.5. The van der Waals surface area contributed by atoms with Crippen LogP contribution in [0.15, 0.2) is 21.5 Å². The summed E-state index contributed by atoms with van der Waals surface area (Å²) in [5.74, 6) is 0.428. The molecule has 0 aliphatic carbocycles. The standard InChI is InChI=1S/C11H17N5O4/c1-19-2-5-7(17)8(18)11(20-5)16-4-15-6-9(12)13-3-14-10(6)16/h3-5,7-8,10-11,17-18H,2,12H2,1H3,(H,13,14)/p+1. The van der Waals surface area contributed by atoms with E-state index in [-0.39, 0.29) is 12.8 Å². The van der Waals surface area contributed by atoms with Crippen molar-refractivity contribution >= 4 is 12.7 Å². The second kappa shape index (κ2) is 5.11. The number of hydrogen-bond acceptors (Lipinski definition) is 8. The summed E-state index contributed by atoms with van der Waals surface area (Å²) in [6, 6.07) is 0. The van der Waals surface area contributed by atoms with Crippen molar-refractivity contribution in [2.24, 2.45) is 15.7 Å². The molecule has 6 atom stereocenters. The smallest absolute Gasteiger partial charge is 0.237 e. The molecule has 20 heavy (non-hydrogen) atoms. The van der Waals surface area contributed by atoms with Gasteiger partial charge in [-0.1, -0.05) is 0 Å². The number of aliphatic hydroxyl groups is 2. The molecule has 0 aromatic heterocycles. The number of aliphatic imine (C=N–C) groups is 2. The predicted molar refractivity (Wildman–Crippen MR) is 68.6 cm³/mol. The van der Waals surface area contributed by atoms with Crippen LogP contribution in [0.25, 0.3) is 0 Å². The molecule has 110 valence electrons. The zero-order valence-electron chi connectivity index (χ0n) is 10.9. The molecule has 0 spiro atoms. The summed E-state index contributed by atoms with van der Waals surface area (Å²) >= 11 is 0. The molecule has 0 radical (unpaired) electrons. The second-order valence-corrected chi connectivity index (χ2v) is 4.91. The van der Waals surface area contributed by atoms with Crippen molar-refractivity contribution in [2.75, 3.05) is 13.7 Å². The summed E-state index contributed by atoms with van der Waals surface area (Å²) in [6.07, 6.45) is -0.574. The first-order chi connectivity index (χ1) is 9.63. The van der Waals surface area contributed by atoms with Crippen molar-refractivity contribution in [1.82, 2.24) is 5.32 Å². The summed E-state index contributed by atoms with van der Waals surface area (Å²) in [5.41, 5.74) is 6.40. The molecular formula is C11H18N5O4+. The lowest BCUT2D eigenvalue weighted by Crippen LogP contribution is -3.18. The van der Waals surface area contributed by atoms with Gasteiger partial charge in [0, 0.05) is 7.11 Å². The van der Waals surface area contributed by atoms with Crippen molar-refractivity contribution < 1.29 is 24.6 Å². The number of aliphatic hydroxyl groups excluding tert-OH is 2. The van der Waals surface area contributed by atoms with Crippen LogP contribution in [0.4, 0.5) is 0 Å². The highest BCUT2D eigenvalue weighted by Gasteiger charge is 2.52. The van der Waals surface area contributed by atoms with Crippen molar-refractivity contribution in [2.45, 2.75) is 30.7 Å². The van der Waals surface area contributed by atoms with Crippen LogP contribution in [0.5, 0.6) is 0 Å². The number of nitrogens with one attached hydrogen (secondary N) is 2. The number of nitrogens with zero attached hydrogens (tertiary/aromatic N) is 2. The van der Waals surface area contributed by atoms with Gasteiger partial charge in [0.1, 0.15) is 18.0 Å². The van der Waals surface area contributed by atoms with Gasteiger partial charge in [-0.15, -0.1) is 0 Å². The zero-order chi connectivity index (χ0) is 14.3. The van der Waals surface area contributed by atoms with Crippen LogP contribution in [0.1, 0.15) is 0 Å². The molecule has 0 aromatic rings. The van der Waals surface area contributed by atoms with E-state index in [0.29, 0.717) is 16.4 Å². The van der Waals surface area contributed by atoms with Crippen LogP contribution < -0.4 is 16.0 Å². The zero-order valence-corrected chi connectivity index (χ0v) is 10.9. The topological polar surface area (TPSA) is 126 Å². The van der Waals surface area contributed by atoms with Crippen molar-refractivity contribution in [1.29, 1.82) is 0 Å². The minimum absolute atomic E-state index is 0.208. The third-order valence-electron chi connectivity index (χ3n) is 3.67. The Bertz CT molecular complexity index is 479. The van der Waals surface area contributed by atoms with Crippen LogP contribution in [0.2, 0.25) is 0 Å². The normalized spacial score (nSPS) is 43.0. The maximum Gasteiger partial charge on any atom is 0.237 e. The Hall–Kier alpha value is -1.52. The highest BCUT2D eigenvalue weighted by Crippen LogP contribution is 2.20. The van der Waals surface area contributed by atoms with Gasteiger partial charge in [0.05, 0.1) is 12.9 Å². The summed E-state index contributed by atoms with van der Waals surface area (Å²) in [7, 11) is 1.51. The first-order valence-electron chi connectivity index (χ1n) is 6.32. The first-order valence-corrected chi connectivity index (χ1v) is 6.32. The fraction of sp³-hybridized carbons (Fsp3) is 0.636. The molecule has 0 aromatic carbocycles. The Morgan fingerprint density at radius 2 is 2.30 bits per heavy atom. The Labute approximate surface area is 115 Å². The van der Waals surface area contributed by atoms with Crippen LogP contribution in [-0.2, 0) is 9.47 Å². The second-order valence-electron chi connectivity index (χ2n) is 4.91. The SMILES string of the molecule is COCC1OC([NH+]2C=NC3=C(N)NC=NC32)C(O)C1O. The third-order valence-corrected chi connectivity index (χ3v) is 3.67. The third kappa shape index (κ3) is 2.00. The molecule has 9 nitrogen and oxygen atoms in total. The van der Waals surface area contributed by atoms with Crippen LogP contribution >= 0.6 is 0 Å². The molecular weight excluding hydrogens is 266 g/mol. The van der Waals surface area contributed by atoms with Gasteiger partial charge in [-0.25, -0.2) is 9.89 Å². The van der Waals surface area contributed by atoms with E-state index in [0.717, 1.165) is 0 Å². The Kier molecular flexibility index (Phi) is 3.44. The minimum atomic E-state index is -1.04. The van der Waals surface area contributed by atoms with Crippen LogP contribution in [0, 0.1) is 0 Å². The van der Waals surface area contributed by atoms with E-state index in [1.54, 1.807) is 6.34 Å². The molecule has 9 heteroatoms. The lowest BCUT2D eigenvalue weighted by molar-refractivity contribution is -0.873. The van der Waals surface area contributed by atoms with Gasteiger partial charge in [-0.3, -0.25) is 0 Å². The fourth-order valence-electron chi connectivity index (χ4n) is 2.63. The largest absolute Gasteiger partial charge is 0.387 e. The van der Waals surface area contributed by atoms with Gasteiger partial charge in [-0.2, -0.15) is 4.99 Å². The molecule has 3 rings (SSSR count). The van der Waals surface area contributed by atoms with Gasteiger partial charge in [0.15, 0.2) is 18.1 Å². The van der Waals surface area contributed by atoms with E-state index in [4.69, 9.17) is 15.2 Å². The Morgan fingerprint density at radius 1 is 1.50 bits per heavy atom. The van der Waals surface area contributed by atoms with E-state index in [2.05, 4.69) is 15.3 Å². The molecule has 6 N–H and O–H groups in total. The van der Waals surface area contributed by atoms with Gasteiger partial charge in [0.2, 0.25) is 12.4 Å².